The fourth-order valence-corrected chi connectivity index (χ4v) is 2.05. The Hall–Kier alpha value is -1.02. The first kappa shape index (κ1) is 16.0. The summed E-state index contributed by atoms with van der Waals surface area (Å²) in [6.07, 6.45) is 5.51. The lowest BCUT2D eigenvalue weighted by Gasteiger charge is -2.29. The average molecular weight is 236 g/mol. The topological polar surface area (TPSA) is 15.3 Å². The van der Waals surface area contributed by atoms with Crippen LogP contribution in [0.3, 0.4) is 0 Å². The zero-order valence-electron chi connectivity index (χ0n) is 12.1. The van der Waals surface area contributed by atoms with Crippen molar-refractivity contribution in [2.45, 2.75) is 39.2 Å². The van der Waals surface area contributed by atoms with E-state index >= 15 is 0 Å². The van der Waals surface area contributed by atoms with Crippen molar-refractivity contribution >= 4 is 0 Å². The van der Waals surface area contributed by atoms with Crippen LogP contribution in [-0.2, 0) is 0 Å². The lowest BCUT2D eigenvalue weighted by molar-refractivity contribution is 0.299. The second-order valence-electron chi connectivity index (χ2n) is 4.68. The van der Waals surface area contributed by atoms with Crippen molar-refractivity contribution in [1.82, 2.24) is 10.2 Å². The fourth-order valence-electron chi connectivity index (χ4n) is 2.05. The van der Waals surface area contributed by atoms with Gasteiger partial charge < -0.3 is 10.2 Å². The number of hydrogen-bond acceptors (Lipinski definition) is 2. The number of unbranched alkanes of at least 4 members (excludes halogenated alkanes) is 1. The third-order valence-electron chi connectivity index (χ3n) is 3.01. The number of hydrogen-bond donors (Lipinski definition) is 1. The number of rotatable bonds is 8. The monoisotopic (exact) mass is 236 g/mol. The fraction of sp³-hybridized carbons (Fsp3) is 0.600. The van der Waals surface area contributed by atoms with Gasteiger partial charge in [-0.1, -0.05) is 39.0 Å². The predicted octanol–water partition coefficient (Wildman–Crippen LogP) is 3.34. The van der Waals surface area contributed by atoms with Crippen LogP contribution < -0.4 is 5.32 Å². The van der Waals surface area contributed by atoms with Crippen molar-refractivity contribution in [3.8, 4) is 0 Å². The Kier molecular flexibility index (Phi) is 7.64. The summed E-state index contributed by atoms with van der Waals surface area (Å²) in [5, 5.41) is 3.33. The Bertz CT molecular complexity index is 287. The molecule has 0 saturated carbocycles. The van der Waals surface area contributed by atoms with Gasteiger partial charge in [-0.2, -0.15) is 0 Å². The highest BCUT2D eigenvalue weighted by molar-refractivity contribution is 5.41. The summed E-state index contributed by atoms with van der Waals surface area (Å²) in [5.41, 5.74) is 3.43. The first-order valence-electron chi connectivity index (χ1n) is 6.36. The summed E-state index contributed by atoms with van der Waals surface area (Å²) in [4.78, 5) is 2.26. The first-order chi connectivity index (χ1) is 7.99. The van der Waals surface area contributed by atoms with E-state index in [4.69, 9.17) is 0 Å². The number of nitrogens with one attached hydrogen (secondary N) is 1. The van der Waals surface area contributed by atoms with E-state index in [9.17, 15) is 0 Å². The van der Waals surface area contributed by atoms with Crippen molar-refractivity contribution in [3.63, 3.8) is 0 Å². The van der Waals surface area contributed by atoms with E-state index in [1.165, 1.54) is 18.5 Å². The highest BCUT2D eigenvalue weighted by atomic mass is 15.1. The van der Waals surface area contributed by atoms with E-state index in [0.29, 0.717) is 6.04 Å². The molecular formula is C15H28N2. The minimum absolute atomic E-state index is 0.407. The molecule has 2 heteroatoms. The standard InChI is InChI=1S/C15H28N2/c1-8-10-11-14(17(6)7)15(16-5)13(9-2)12(3)4/h9,14,16H,2-3,8,10-11H2,1,4-7H3/b15-13+. The summed E-state index contributed by atoms with van der Waals surface area (Å²) in [5.74, 6) is 0. The molecule has 1 atom stereocenters. The molecule has 0 aromatic carbocycles. The summed E-state index contributed by atoms with van der Waals surface area (Å²) in [6, 6.07) is 0.407. The maximum atomic E-state index is 4.03. The molecule has 0 aliphatic rings. The van der Waals surface area contributed by atoms with Gasteiger partial charge in [0.2, 0.25) is 0 Å². The predicted molar refractivity (Wildman–Crippen MR) is 78.1 cm³/mol. The van der Waals surface area contributed by atoms with E-state index in [1.807, 2.05) is 20.0 Å². The lowest BCUT2D eigenvalue weighted by atomic mass is 9.97. The molecule has 0 saturated heterocycles. The number of likely N-dealkylation sites (N-methyl/N-ethyl adjacent to an activating group) is 2. The molecular weight excluding hydrogens is 208 g/mol. The Balaban J connectivity index is 5.26. The molecule has 0 fully saturated rings. The van der Waals surface area contributed by atoms with Crippen LogP contribution in [-0.4, -0.2) is 32.1 Å². The van der Waals surface area contributed by atoms with Crippen molar-refractivity contribution in [2.24, 2.45) is 0 Å². The number of allylic oxidation sites excluding steroid dienone is 3. The minimum Gasteiger partial charge on any atom is -0.390 e. The van der Waals surface area contributed by atoms with Gasteiger partial charge in [0.25, 0.3) is 0 Å². The van der Waals surface area contributed by atoms with Crippen LogP contribution >= 0.6 is 0 Å². The Labute approximate surface area is 107 Å². The molecule has 0 heterocycles. The van der Waals surface area contributed by atoms with E-state index in [-0.39, 0.29) is 0 Å². The van der Waals surface area contributed by atoms with Crippen LogP contribution in [0.15, 0.2) is 36.1 Å². The molecule has 98 valence electrons. The molecule has 0 aliphatic carbocycles. The minimum atomic E-state index is 0.407. The quantitative estimate of drug-likeness (QED) is 0.650. The summed E-state index contributed by atoms with van der Waals surface area (Å²) < 4.78 is 0. The van der Waals surface area contributed by atoms with Gasteiger partial charge in [0.1, 0.15) is 0 Å². The zero-order valence-corrected chi connectivity index (χ0v) is 12.1. The Morgan fingerprint density at radius 3 is 2.29 bits per heavy atom. The second kappa shape index (κ2) is 8.13. The molecule has 0 spiro atoms. The van der Waals surface area contributed by atoms with Gasteiger partial charge in [-0.05, 0) is 38.6 Å². The van der Waals surface area contributed by atoms with Gasteiger partial charge in [-0.15, -0.1) is 0 Å². The van der Waals surface area contributed by atoms with Gasteiger partial charge in [0.05, 0.1) is 0 Å². The normalized spacial score (nSPS) is 14.2. The van der Waals surface area contributed by atoms with E-state index in [2.05, 4.69) is 44.4 Å². The molecule has 0 bridgehead atoms. The molecule has 0 aromatic rings. The lowest BCUT2D eigenvalue weighted by Crippen LogP contribution is -2.35. The Morgan fingerprint density at radius 1 is 1.41 bits per heavy atom. The molecule has 17 heavy (non-hydrogen) atoms. The van der Waals surface area contributed by atoms with Gasteiger partial charge >= 0.3 is 0 Å². The molecule has 2 nitrogen and oxygen atoms in total. The summed E-state index contributed by atoms with van der Waals surface area (Å²) in [6.45, 7) is 12.2. The molecule has 1 unspecified atom stereocenters. The SMILES string of the molecule is C=C/C(C(=C)C)=C(\NC)C(CCCC)N(C)C. The summed E-state index contributed by atoms with van der Waals surface area (Å²) in [7, 11) is 6.22. The third-order valence-corrected chi connectivity index (χ3v) is 3.01. The second-order valence-corrected chi connectivity index (χ2v) is 4.68. The van der Waals surface area contributed by atoms with Gasteiger partial charge in [-0.25, -0.2) is 0 Å². The van der Waals surface area contributed by atoms with Gasteiger partial charge in [-0.3, -0.25) is 0 Å². The Morgan fingerprint density at radius 2 is 2.00 bits per heavy atom. The third kappa shape index (κ3) is 4.78. The van der Waals surface area contributed by atoms with Crippen molar-refractivity contribution < 1.29 is 0 Å². The van der Waals surface area contributed by atoms with E-state index < -0.39 is 0 Å². The smallest absolute Gasteiger partial charge is 0.0495 e. The highest BCUT2D eigenvalue weighted by Gasteiger charge is 2.18. The van der Waals surface area contributed by atoms with Crippen molar-refractivity contribution in [3.05, 3.63) is 36.1 Å². The van der Waals surface area contributed by atoms with Crippen LogP contribution in [0.5, 0.6) is 0 Å². The van der Waals surface area contributed by atoms with Crippen LogP contribution in [0.2, 0.25) is 0 Å². The van der Waals surface area contributed by atoms with E-state index in [0.717, 1.165) is 17.6 Å². The molecule has 0 amide bonds. The molecule has 0 aliphatic heterocycles. The van der Waals surface area contributed by atoms with Crippen LogP contribution in [0.1, 0.15) is 33.1 Å². The van der Waals surface area contributed by atoms with Gasteiger partial charge in [0.15, 0.2) is 0 Å². The van der Waals surface area contributed by atoms with Crippen LogP contribution in [0.25, 0.3) is 0 Å². The molecule has 0 aromatic heterocycles. The maximum absolute atomic E-state index is 4.03. The highest BCUT2D eigenvalue weighted by Crippen LogP contribution is 2.20. The van der Waals surface area contributed by atoms with E-state index in [1.54, 1.807) is 0 Å². The summed E-state index contributed by atoms with van der Waals surface area (Å²) >= 11 is 0. The van der Waals surface area contributed by atoms with Crippen molar-refractivity contribution in [2.75, 3.05) is 21.1 Å². The maximum Gasteiger partial charge on any atom is 0.0495 e. The largest absolute Gasteiger partial charge is 0.390 e. The first-order valence-corrected chi connectivity index (χ1v) is 6.36. The molecule has 0 rings (SSSR count). The van der Waals surface area contributed by atoms with Crippen molar-refractivity contribution in [1.29, 1.82) is 0 Å². The van der Waals surface area contributed by atoms with Gasteiger partial charge in [0, 0.05) is 18.8 Å². The van der Waals surface area contributed by atoms with Crippen LogP contribution in [0.4, 0.5) is 0 Å². The van der Waals surface area contributed by atoms with Crippen LogP contribution in [0, 0.1) is 0 Å². The number of nitrogens with zero attached hydrogens (tertiary/aromatic N) is 1. The molecule has 0 radical (unpaired) electrons. The average Bonchev–Trinajstić information content (AvgIpc) is 2.27. The zero-order chi connectivity index (χ0) is 13.4. The molecule has 1 N–H and O–H groups in total.